The quantitative estimate of drug-likeness (QED) is 0.268. The minimum atomic E-state index is -4.09. The number of thioether (sulfide) groups is 1. The molecule has 2 aromatic carbocycles. The van der Waals surface area contributed by atoms with Gasteiger partial charge in [0, 0.05) is 30.9 Å². The van der Waals surface area contributed by atoms with Gasteiger partial charge < -0.3 is 19.8 Å². The number of ether oxygens (including phenoxy) is 1. The Bertz CT molecular complexity index is 1170. The van der Waals surface area contributed by atoms with E-state index in [4.69, 9.17) is 9.84 Å². The summed E-state index contributed by atoms with van der Waals surface area (Å²) in [6, 6.07) is 12.0. The van der Waals surface area contributed by atoms with Crippen molar-refractivity contribution in [3.8, 4) is 5.75 Å². The third-order valence-corrected chi connectivity index (χ3v) is 8.44. The molecule has 1 heterocycles. The fourth-order valence-corrected chi connectivity index (χ4v) is 6.38. The van der Waals surface area contributed by atoms with Gasteiger partial charge in [0.05, 0.1) is 17.2 Å². The zero-order valence-electron chi connectivity index (χ0n) is 19.6. The van der Waals surface area contributed by atoms with Crippen molar-refractivity contribution in [1.82, 2.24) is 4.31 Å². The maximum Gasteiger partial charge on any atom is 0.368 e. The van der Waals surface area contributed by atoms with Crippen LogP contribution in [0.25, 0.3) is 0 Å². The molecule has 0 amide bonds. The number of carboxylic acids is 1. The van der Waals surface area contributed by atoms with Crippen molar-refractivity contribution in [2.24, 2.45) is 0 Å². The number of hydrogen-bond donors (Lipinski definition) is 2. The van der Waals surface area contributed by atoms with E-state index in [9.17, 15) is 22.7 Å². The summed E-state index contributed by atoms with van der Waals surface area (Å²) in [5.74, 6) is -3.29. The van der Waals surface area contributed by atoms with Crippen molar-refractivity contribution in [2.75, 3.05) is 30.9 Å². The van der Waals surface area contributed by atoms with E-state index in [2.05, 4.69) is 0 Å². The van der Waals surface area contributed by atoms with Crippen LogP contribution in [-0.2, 0) is 14.8 Å². The Labute approximate surface area is 209 Å². The number of halogens is 1. The summed E-state index contributed by atoms with van der Waals surface area (Å²) in [7, 11) is -4.09. The molecule has 0 saturated carbocycles. The van der Waals surface area contributed by atoms with Gasteiger partial charge in [-0.05, 0) is 30.9 Å². The summed E-state index contributed by atoms with van der Waals surface area (Å²) < 4.78 is 48.0. The van der Waals surface area contributed by atoms with Gasteiger partial charge >= 0.3 is 5.97 Å². The van der Waals surface area contributed by atoms with Crippen molar-refractivity contribution < 1.29 is 32.6 Å². The van der Waals surface area contributed by atoms with Crippen molar-refractivity contribution in [1.29, 1.82) is 0 Å². The van der Waals surface area contributed by atoms with Crippen molar-refractivity contribution >= 4 is 39.1 Å². The molecule has 0 saturated heterocycles. The minimum Gasteiger partial charge on any atom is -0.476 e. The van der Waals surface area contributed by atoms with Gasteiger partial charge in [-0.25, -0.2) is 13.2 Å². The lowest BCUT2D eigenvalue weighted by atomic mass is 10.1. The standard InChI is InChI=1S/C24H29FN2O6S2/c1-3-4-8-18-15-26(17-9-6-5-7-10-17)20-13-22(34-2)21(33-16-19(25)24(29)30)14-23(20)35(31,32)27(18)11-12-28/h5-7,9-10,13-14,16,18,28H,3-4,8,11-12,15H2,1-2H3,(H,29,30)/b19-16-. The van der Waals surface area contributed by atoms with Crippen LogP contribution in [-0.4, -0.2) is 60.9 Å². The molecule has 0 radical (unpaired) electrons. The van der Waals surface area contributed by atoms with Crippen molar-refractivity contribution in [3.05, 3.63) is 54.6 Å². The second-order valence-corrected chi connectivity index (χ2v) is 10.6. The number of fused-ring (bicyclic) bond motifs is 1. The highest BCUT2D eigenvalue weighted by Gasteiger charge is 2.39. The largest absolute Gasteiger partial charge is 0.476 e. The highest BCUT2D eigenvalue weighted by atomic mass is 32.2. The molecule has 0 bridgehead atoms. The van der Waals surface area contributed by atoms with Gasteiger partial charge in [0.2, 0.25) is 15.9 Å². The summed E-state index contributed by atoms with van der Waals surface area (Å²) in [5.41, 5.74) is 1.23. The van der Waals surface area contributed by atoms with E-state index in [1.165, 1.54) is 22.1 Å². The molecule has 35 heavy (non-hydrogen) atoms. The Kier molecular flexibility index (Phi) is 9.17. The first kappa shape index (κ1) is 27.0. The lowest BCUT2D eigenvalue weighted by Crippen LogP contribution is -2.44. The second kappa shape index (κ2) is 11.9. The minimum absolute atomic E-state index is 0.0141. The van der Waals surface area contributed by atoms with Gasteiger partial charge in [-0.15, -0.1) is 11.8 Å². The monoisotopic (exact) mass is 524 g/mol. The lowest BCUT2D eigenvalue weighted by Gasteiger charge is -2.31. The zero-order chi connectivity index (χ0) is 25.6. The third kappa shape index (κ3) is 5.97. The summed E-state index contributed by atoms with van der Waals surface area (Å²) in [6.07, 6.45) is 4.50. The molecular weight excluding hydrogens is 495 g/mol. The lowest BCUT2D eigenvalue weighted by molar-refractivity contribution is -0.134. The van der Waals surface area contributed by atoms with Gasteiger partial charge in [-0.2, -0.15) is 8.70 Å². The molecule has 190 valence electrons. The van der Waals surface area contributed by atoms with Crippen LogP contribution in [0.2, 0.25) is 0 Å². The van der Waals surface area contributed by atoms with Crippen LogP contribution < -0.4 is 9.64 Å². The molecule has 8 nitrogen and oxygen atoms in total. The molecule has 3 rings (SSSR count). The topological polar surface area (TPSA) is 107 Å². The summed E-state index contributed by atoms with van der Waals surface area (Å²) in [4.78, 5) is 13.2. The fraction of sp³-hybridized carbons (Fsp3) is 0.375. The molecule has 0 spiro atoms. The molecule has 0 aromatic heterocycles. The first-order valence-electron chi connectivity index (χ1n) is 11.2. The van der Waals surface area contributed by atoms with E-state index in [-0.39, 0.29) is 23.8 Å². The van der Waals surface area contributed by atoms with Gasteiger partial charge in [0.25, 0.3) is 0 Å². The second-order valence-electron chi connectivity index (χ2n) is 7.94. The van der Waals surface area contributed by atoms with Crippen molar-refractivity contribution in [3.63, 3.8) is 0 Å². The Morgan fingerprint density at radius 1 is 1.29 bits per heavy atom. The number of carbonyl (C=O) groups is 1. The predicted molar refractivity (Wildman–Crippen MR) is 133 cm³/mol. The van der Waals surface area contributed by atoms with Gasteiger partial charge in [-0.1, -0.05) is 38.0 Å². The maximum absolute atomic E-state index is 13.9. The SMILES string of the molecule is CCCCC1CN(c2ccccc2)c2cc(SC)c(O/C=C(\F)C(=O)O)cc2S(=O)(=O)N1CCO. The molecule has 1 aliphatic heterocycles. The van der Waals surface area contributed by atoms with Crippen LogP contribution in [0.3, 0.4) is 0 Å². The van der Waals surface area contributed by atoms with Crippen LogP contribution in [0.15, 0.2) is 64.3 Å². The molecule has 11 heteroatoms. The summed E-state index contributed by atoms with van der Waals surface area (Å²) in [6.45, 7) is 1.98. The van der Waals surface area contributed by atoms with Gasteiger partial charge in [0.1, 0.15) is 16.9 Å². The van der Waals surface area contributed by atoms with Crippen LogP contribution in [0.1, 0.15) is 26.2 Å². The van der Waals surface area contributed by atoms with Gasteiger partial charge in [0.15, 0.2) is 0 Å². The van der Waals surface area contributed by atoms with E-state index in [1.807, 2.05) is 42.2 Å². The van der Waals surface area contributed by atoms with E-state index >= 15 is 0 Å². The van der Waals surface area contributed by atoms with Crippen molar-refractivity contribution in [2.45, 2.75) is 42.0 Å². The molecule has 2 N–H and O–H groups in total. The van der Waals surface area contributed by atoms with E-state index < -0.39 is 27.9 Å². The van der Waals surface area contributed by atoms with Crippen LogP contribution >= 0.6 is 11.8 Å². The summed E-state index contributed by atoms with van der Waals surface area (Å²) in [5, 5.41) is 18.5. The van der Waals surface area contributed by atoms with Gasteiger partial charge in [-0.3, -0.25) is 0 Å². The molecule has 1 atom stereocenters. The predicted octanol–water partition coefficient (Wildman–Crippen LogP) is 4.38. The highest BCUT2D eigenvalue weighted by molar-refractivity contribution is 7.98. The number of β-amino-alcohol motifs (C(OH)–C–C–N with tert-alkyl or cyclic N) is 1. The fourth-order valence-electron chi connectivity index (χ4n) is 4.02. The third-order valence-electron chi connectivity index (χ3n) is 5.70. The molecule has 2 aromatic rings. The number of benzene rings is 2. The molecule has 0 fully saturated rings. The number of nitrogens with zero attached hydrogens (tertiary/aromatic N) is 2. The van der Waals surface area contributed by atoms with E-state index in [0.29, 0.717) is 29.8 Å². The van der Waals surface area contributed by atoms with Crippen LogP contribution in [0.5, 0.6) is 5.75 Å². The maximum atomic E-state index is 13.9. The van der Waals surface area contributed by atoms with Crippen LogP contribution in [0.4, 0.5) is 15.8 Å². The normalized spacial score (nSPS) is 18.1. The number of aliphatic hydroxyl groups excluding tert-OH is 1. The molecule has 1 aliphatic rings. The number of unbranched alkanes of at least 4 members (excludes halogenated alkanes) is 1. The first-order chi connectivity index (χ1) is 16.7. The Morgan fingerprint density at radius 2 is 2.00 bits per heavy atom. The molecular formula is C24H29FN2O6S2. The van der Waals surface area contributed by atoms with E-state index in [0.717, 1.165) is 18.5 Å². The van der Waals surface area contributed by atoms with Crippen LogP contribution in [0, 0.1) is 0 Å². The highest BCUT2D eigenvalue weighted by Crippen LogP contribution is 2.43. The van der Waals surface area contributed by atoms with E-state index in [1.54, 1.807) is 12.3 Å². The summed E-state index contributed by atoms with van der Waals surface area (Å²) >= 11 is 1.26. The first-order valence-corrected chi connectivity index (χ1v) is 13.8. The number of rotatable bonds is 10. The Morgan fingerprint density at radius 3 is 2.60 bits per heavy atom. The Balaban J connectivity index is 2.25. The number of aliphatic carboxylic acids is 1. The molecule has 1 unspecified atom stereocenters. The smallest absolute Gasteiger partial charge is 0.368 e. The zero-order valence-corrected chi connectivity index (χ0v) is 21.2. The number of para-hydroxylation sites is 1. The molecule has 0 aliphatic carbocycles. The number of anilines is 2. The number of sulfonamides is 1. The number of aliphatic hydroxyl groups is 1. The number of carboxylic acid groups (broad SMARTS) is 1. The number of hydrogen-bond acceptors (Lipinski definition) is 7. The average Bonchev–Trinajstić information content (AvgIpc) is 2.94. The Hall–Kier alpha value is -2.60. The average molecular weight is 525 g/mol.